The number of nitriles is 1. The lowest BCUT2D eigenvalue weighted by molar-refractivity contribution is -0.123. The first kappa shape index (κ1) is 21.9. The van der Waals surface area contributed by atoms with E-state index in [1.54, 1.807) is 25.4 Å². The van der Waals surface area contributed by atoms with Crippen LogP contribution in [0.2, 0.25) is 0 Å². The smallest absolute Gasteiger partial charge is 0.268 e. The average molecular weight is 422 g/mol. The zero-order valence-corrected chi connectivity index (χ0v) is 17.7. The Hall–Kier alpha value is -3.80. The van der Waals surface area contributed by atoms with E-state index in [-0.39, 0.29) is 5.92 Å². The number of amides is 2. The van der Waals surface area contributed by atoms with E-state index in [1.165, 1.54) is 0 Å². The zero-order valence-electron chi connectivity index (χ0n) is 17.7. The molecule has 0 fully saturated rings. The maximum absolute atomic E-state index is 12.9. The fourth-order valence-electron chi connectivity index (χ4n) is 3.39. The summed E-state index contributed by atoms with van der Waals surface area (Å²) in [5, 5.41) is 22.3. The minimum Gasteiger partial charge on any atom is -0.496 e. The fourth-order valence-corrected chi connectivity index (χ4v) is 3.39. The van der Waals surface area contributed by atoms with Gasteiger partial charge in [0.2, 0.25) is 5.91 Å². The Balaban J connectivity index is 1.73. The van der Waals surface area contributed by atoms with Crippen LogP contribution in [0.15, 0.2) is 36.5 Å². The minimum absolute atomic E-state index is 0.159. The number of H-pyrrole nitrogens is 2. The maximum Gasteiger partial charge on any atom is 0.268 e. The van der Waals surface area contributed by atoms with E-state index in [1.807, 2.05) is 32.0 Å². The number of carbonyl (C=O) groups is 2. The van der Waals surface area contributed by atoms with Crippen molar-refractivity contribution in [1.29, 1.82) is 5.26 Å². The molecule has 1 unspecified atom stereocenters. The number of aromatic nitrogens is 3. The van der Waals surface area contributed by atoms with Crippen LogP contribution in [0.3, 0.4) is 0 Å². The molecule has 9 nitrogen and oxygen atoms in total. The molecule has 2 heterocycles. The predicted molar refractivity (Wildman–Crippen MR) is 115 cm³/mol. The van der Waals surface area contributed by atoms with Crippen molar-refractivity contribution in [3.8, 4) is 11.8 Å². The lowest BCUT2D eigenvalue weighted by Crippen LogP contribution is -2.50. The summed E-state index contributed by atoms with van der Waals surface area (Å²) >= 11 is 0. The molecule has 2 amide bonds. The summed E-state index contributed by atoms with van der Waals surface area (Å²) < 4.78 is 5.34. The number of fused-ring (bicyclic) bond motifs is 1. The van der Waals surface area contributed by atoms with Gasteiger partial charge in [-0.2, -0.15) is 10.4 Å². The molecule has 0 aliphatic rings. The SMILES string of the molecule is COc1cccc2[nH]c(C(=O)N[C@@H](CC(C)C)C(=O)NC(C#N)Cc3ccn[nH]3)cc12. The number of carbonyl (C=O) groups excluding carboxylic acids is 2. The highest BCUT2D eigenvalue weighted by atomic mass is 16.5. The number of methoxy groups -OCH3 is 1. The third-order valence-electron chi connectivity index (χ3n) is 4.87. The fraction of sp³-hybridized carbons (Fsp3) is 0.364. The molecular formula is C22H26N6O3. The number of benzene rings is 1. The Morgan fingerprint density at radius 2 is 2.06 bits per heavy atom. The molecule has 0 aliphatic heterocycles. The average Bonchev–Trinajstić information content (AvgIpc) is 3.41. The lowest BCUT2D eigenvalue weighted by atomic mass is 10.0. The number of nitrogens with one attached hydrogen (secondary N) is 4. The van der Waals surface area contributed by atoms with Crippen molar-refractivity contribution in [2.24, 2.45) is 5.92 Å². The van der Waals surface area contributed by atoms with Gasteiger partial charge in [-0.25, -0.2) is 0 Å². The van der Waals surface area contributed by atoms with Gasteiger partial charge >= 0.3 is 0 Å². The summed E-state index contributed by atoms with van der Waals surface area (Å²) in [5.41, 5.74) is 1.83. The summed E-state index contributed by atoms with van der Waals surface area (Å²) in [6.45, 7) is 3.93. The van der Waals surface area contributed by atoms with Crippen LogP contribution in [0.4, 0.5) is 0 Å². The quantitative estimate of drug-likeness (QED) is 0.419. The minimum atomic E-state index is -0.779. The molecule has 162 valence electrons. The molecule has 0 aliphatic carbocycles. The Morgan fingerprint density at radius 3 is 2.71 bits per heavy atom. The molecule has 9 heteroatoms. The first-order chi connectivity index (χ1) is 14.9. The summed E-state index contributed by atoms with van der Waals surface area (Å²) in [7, 11) is 1.57. The van der Waals surface area contributed by atoms with Crippen LogP contribution < -0.4 is 15.4 Å². The van der Waals surface area contributed by atoms with E-state index >= 15 is 0 Å². The van der Waals surface area contributed by atoms with E-state index in [0.717, 1.165) is 16.6 Å². The number of rotatable bonds is 9. The van der Waals surface area contributed by atoms with Gasteiger partial charge in [-0.15, -0.1) is 0 Å². The van der Waals surface area contributed by atoms with Crippen molar-refractivity contribution in [1.82, 2.24) is 25.8 Å². The summed E-state index contributed by atoms with van der Waals surface area (Å²) in [4.78, 5) is 28.8. The molecule has 2 aromatic heterocycles. The van der Waals surface area contributed by atoms with Gasteiger partial charge in [0.25, 0.3) is 5.91 Å². The number of ether oxygens (including phenoxy) is 1. The van der Waals surface area contributed by atoms with E-state index in [4.69, 9.17) is 4.74 Å². The van der Waals surface area contributed by atoms with E-state index < -0.39 is 23.9 Å². The van der Waals surface area contributed by atoms with Crippen LogP contribution in [-0.2, 0) is 11.2 Å². The standard InChI is InChI=1S/C22H26N6O3/c1-13(2)9-18(21(29)25-15(12-23)10-14-7-8-24-28-14)27-22(30)19-11-16-17(26-19)5-4-6-20(16)31-3/h4-8,11,13,15,18,26H,9-10H2,1-3H3,(H,24,28)(H,25,29)(H,27,30)/t15?,18-/m0/s1. The van der Waals surface area contributed by atoms with Crippen LogP contribution in [0, 0.1) is 17.2 Å². The van der Waals surface area contributed by atoms with Crippen molar-refractivity contribution >= 4 is 22.7 Å². The molecule has 1 aromatic carbocycles. The second kappa shape index (κ2) is 9.80. The molecule has 3 aromatic rings. The first-order valence-electron chi connectivity index (χ1n) is 10.1. The highest BCUT2D eigenvalue weighted by molar-refractivity contribution is 6.01. The maximum atomic E-state index is 12.9. The zero-order chi connectivity index (χ0) is 22.4. The van der Waals surface area contributed by atoms with Gasteiger partial charge in [0.05, 0.1) is 13.2 Å². The van der Waals surface area contributed by atoms with Crippen LogP contribution >= 0.6 is 0 Å². The van der Waals surface area contributed by atoms with Gasteiger partial charge in [-0.3, -0.25) is 14.7 Å². The van der Waals surface area contributed by atoms with Crippen molar-refractivity contribution in [3.63, 3.8) is 0 Å². The number of nitrogens with zero attached hydrogens (tertiary/aromatic N) is 2. The molecule has 3 rings (SSSR count). The molecule has 0 saturated heterocycles. The molecule has 4 N–H and O–H groups in total. The van der Waals surface area contributed by atoms with E-state index in [9.17, 15) is 14.9 Å². The molecular weight excluding hydrogens is 396 g/mol. The Bertz CT molecular complexity index is 1080. The van der Waals surface area contributed by atoms with Crippen LogP contribution in [0.5, 0.6) is 5.75 Å². The van der Waals surface area contributed by atoms with Crippen molar-refractivity contribution in [2.45, 2.75) is 38.8 Å². The predicted octanol–water partition coefficient (Wildman–Crippen LogP) is 2.30. The van der Waals surface area contributed by atoms with Crippen molar-refractivity contribution in [3.05, 3.63) is 47.9 Å². The second-order valence-electron chi connectivity index (χ2n) is 7.74. The highest BCUT2D eigenvalue weighted by Crippen LogP contribution is 2.26. The van der Waals surface area contributed by atoms with E-state index in [2.05, 4.69) is 31.9 Å². The lowest BCUT2D eigenvalue weighted by Gasteiger charge is -2.21. The van der Waals surface area contributed by atoms with Crippen LogP contribution in [0.1, 0.15) is 36.5 Å². The highest BCUT2D eigenvalue weighted by Gasteiger charge is 2.25. The third-order valence-corrected chi connectivity index (χ3v) is 4.87. The van der Waals surface area contributed by atoms with Crippen LogP contribution in [-0.4, -0.2) is 46.2 Å². The molecule has 0 saturated carbocycles. The van der Waals surface area contributed by atoms with Gasteiger partial charge in [-0.1, -0.05) is 19.9 Å². The number of aromatic amines is 2. The number of hydrogen-bond donors (Lipinski definition) is 4. The normalized spacial score (nSPS) is 12.9. The van der Waals surface area contributed by atoms with Gasteiger partial charge < -0.3 is 20.4 Å². The number of hydrogen-bond acceptors (Lipinski definition) is 5. The van der Waals surface area contributed by atoms with Gasteiger partial charge in [-0.05, 0) is 36.6 Å². The van der Waals surface area contributed by atoms with Crippen LogP contribution in [0.25, 0.3) is 10.9 Å². The largest absolute Gasteiger partial charge is 0.496 e. The molecule has 2 atom stereocenters. The van der Waals surface area contributed by atoms with Gasteiger partial charge in [0.1, 0.15) is 23.5 Å². The molecule has 0 spiro atoms. The summed E-state index contributed by atoms with van der Waals surface area (Å²) in [5.74, 6) is 0.00915. The van der Waals surface area contributed by atoms with Crippen molar-refractivity contribution < 1.29 is 14.3 Å². The third kappa shape index (κ3) is 5.42. The second-order valence-corrected chi connectivity index (χ2v) is 7.74. The summed E-state index contributed by atoms with van der Waals surface area (Å²) in [6.07, 6.45) is 2.32. The Kier molecular flexibility index (Phi) is 6.92. The summed E-state index contributed by atoms with van der Waals surface area (Å²) in [6, 6.07) is 9.50. The van der Waals surface area contributed by atoms with Gasteiger partial charge in [0, 0.05) is 29.2 Å². The molecule has 0 bridgehead atoms. The van der Waals surface area contributed by atoms with Gasteiger partial charge in [0.15, 0.2) is 0 Å². The van der Waals surface area contributed by atoms with E-state index in [0.29, 0.717) is 24.3 Å². The molecule has 31 heavy (non-hydrogen) atoms. The van der Waals surface area contributed by atoms with Crippen molar-refractivity contribution in [2.75, 3.05) is 7.11 Å². The Morgan fingerprint density at radius 1 is 1.26 bits per heavy atom. The molecule has 0 radical (unpaired) electrons. The monoisotopic (exact) mass is 422 g/mol. The first-order valence-corrected chi connectivity index (χ1v) is 10.1. The topological polar surface area (TPSA) is 136 Å². The Labute approximate surface area is 180 Å².